The summed E-state index contributed by atoms with van der Waals surface area (Å²) in [6.07, 6.45) is 5.53. The maximum Gasteiger partial charge on any atom is 0.241 e. The van der Waals surface area contributed by atoms with Crippen molar-refractivity contribution < 1.29 is 14.0 Å². The average molecular weight is 372 g/mol. The molecule has 27 heavy (non-hydrogen) atoms. The zero-order valence-corrected chi connectivity index (χ0v) is 16.2. The third-order valence-electron chi connectivity index (χ3n) is 5.72. The molecule has 146 valence electrons. The van der Waals surface area contributed by atoms with Crippen LogP contribution in [0.2, 0.25) is 0 Å². The molecule has 2 heterocycles. The van der Waals surface area contributed by atoms with Gasteiger partial charge in [0.15, 0.2) is 0 Å². The van der Waals surface area contributed by atoms with E-state index < -0.39 is 0 Å². The van der Waals surface area contributed by atoms with Crippen molar-refractivity contribution in [2.24, 2.45) is 0 Å². The van der Waals surface area contributed by atoms with E-state index in [-0.39, 0.29) is 0 Å². The Kier molecular flexibility index (Phi) is 5.59. The van der Waals surface area contributed by atoms with Crippen molar-refractivity contribution in [2.45, 2.75) is 38.3 Å². The van der Waals surface area contributed by atoms with E-state index in [1.165, 1.54) is 25.7 Å². The molecule has 4 rings (SSSR count). The molecule has 1 saturated heterocycles. The molecule has 1 saturated carbocycles. The van der Waals surface area contributed by atoms with Crippen LogP contribution in [0, 0.1) is 0 Å². The van der Waals surface area contributed by atoms with Crippen LogP contribution in [0.25, 0.3) is 11.4 Å². The Morgan fingerprint density at radius 2 is 1.85 bits per heavy atom. The van der Waals surface area contributed by atoms with Crippen LogP contribution in [0.1, 0.15) is 31.6 Å². The second-order valence-corrected chi connectivity index (χ2v) is 7.33. The third-order valence-corrected chi connectivity index (χ3v) is 5.72. The molecule has 2 aliphatic rings. The molecule has 0 spiro atoms. The Morgan fingerprint density at radius 3 is 2.56 bits per heavy atom. The highest BCUT2D eigenvalue weighted by Crippen LogP contribution is 2.31. The molecule has 1 aromatic heterocycles. The Labute approximate surface area is 160 Å². The smallest absolute Gasteiger partial charge is 0.241 e. The molecule has 0 radical (unpaired) electrons. The lowest BCUT2D eigenvalue weighted by molar-refractivity contribution is 0.0868. The molecule has 0 unspecified atom stereocenters. The van der Waals surface area contributed by atoms with Crippen molar-refractivity contribution in [3.63, 3.8) is 0 Å². The number of piperazine rings is 1. The van der Waals surface area contributed by atoms with Gasteiger partial charge in [-0.2, -0.15) is 4.98 Å². The first kappa shape index (κ1) is 18.3. The van der Waals surface area contributed by atoms with Crippen molar-refractivity contribution in [1.29, 1.82) is 0 Å². The summed E-state index contributed by atoms with van der Waals surface area (Å²) in [6, 6.07) is 6.40. The van der Waals surface area contributed by atoms with Crippen molar-refractivity contribution in [3.8, 4) is 22.9 Å². The monoisotopic (exact) mass is 372 g/mol. The summed E-state index contributed by atoms with van der Waals surface area (Å²) in [4.78, 5) is 9.64. The molecule has 2 aromatic rings. The minimum atomic E-state index is 0.550. The van der Waals surface area contributed by atoms with Gasteiger partial charge in [-0.1, -0.05) is 18.0 Å². The van der Waals surface area contributed by atoms with Crippen LogP contribution in [0.5, 0.6) is 11.5 Å². The quantitative estimate of drug-likeness (QED) is 0.772. The first-order chi connectivity index (χ1) is 13.3. The fourth-order valence-electron chi connectivity index (χ4n) is 4.16. The number of rotatable bonds is 6. The van der Waals surface area contributed by atoms with Crippen LogP contribution >= 0.6 is 0 Å². The highest BCUT2D eigenvalue weighted by Gasteiger charge is 2.27. The van der Waals surface area contributed by atoms with Gasteiger partial charge in [-0.25, -0.2) is 0 Å². The van der Waals surface area contributed by atoms with Crippen LogP contribution < -0.4 is 9.47 Å². The number of aromatic nitrogens is 2. The first-order valence-corrected chi connectivity index (χ1v) is 9.78. The highest BCUT2D eigenvalue weighted by atomic mass is 16.5. The molecule has 7 heteroatoms. The third kappa shape index (κ3) is 4.09. The summed E-state index contributed by atoms with van der Waals surface area (Å²) in [5, 5.41) is 4.15. The molecule has 2 fully saturated rings. The van der Waals surface area contributed by atoms with Gasteiger partial charge in [-0.3, -0.25) is 9.80 Å². The number of hydrogen-bond acceptors (Lipinski definition) is 7. The Bertz CT molecular complexity index is 749. The van der Waals surface area contributed by atoms with E-state index in [0.29, 0.717) is 24.0 Å². The van der Waals surface area contributed by atoms with Crippen LogP contribution in [-0.4, -0.2) is 66.4 Å². The lowest BCUT2D eigenvalue weighted by atomic mass is 10.2. The molecule has 0 amide bonds. The summed E-state index contributed by atoms with van der Waals surface area (Å²) in [7, 11) is 3.26. The second kappa shape index (κ2) is 8.27. The second-order valence-electron chi connectivity index (χ2n) is 7.33. The van der Waals surface area contributed by atoms with Crippen molar-refractivity contribution >= 4 is 0 Å². The van der Waals surface area contributed by atoms with Gasteiger partial charge < -0.3 is 14.0 Å². The van der Waals surface area contributed by atoms with E-state index in [9.17, 15) is 0 Å². The van der Waals surface area contributed by atoms with Crippen LogP contribution in [0.4, 0.5) is 0 Å². The van der Waals surface area contributed by atoms with Gasteiger partial charge in [0.1, 0.15) is 11.5 Å². The predicted molar refractivity (Wildman–Crippen MR) is 102 cm³/mol. The fraction of sp³-hybridized carbons (Fsp3) is 0.600. The van der Waals surface area contributed by atoms with Gasteiger partial charge in [-0.15, -0.1) is 0 Å². The number of nitrogens with zero attached hydrogens (tertiary/aromatic N) is 4. The summed E-state index contributed by atoms with van der Waals surface area (Å²) < 4.78 is 16.2. The zero-order valence-electron chi connectivity index (χ0n) is 16.2. The predicted octanol–water partition coefficient (Wildman–Crippen LogP) is 2.81. The van der Waals surface area contributed by atoms with Gasteiger partial charge in [0, 0.05) is 38.3 Å². The molecular weight excluding hydrogens is 344 g/mol. The van der Waals surface area contributed by atoms with E-state index >= 15 is 0 Å². The molecule has 1 aliphatic carbocycles. The normalized spacial score (nSPS) is 19.5. The van der Waals surface area contributed by atoms with Gasteiger partial charge in [0.2, 0.25) is 11.7 Å². The van der Waals surface area contributed by atoms with Gasteiger partial charge >= 0.3 is 0 Å². The summed E-state index contributed by atoms with van der Waals surface area (Å²) in [6.45, 7) is 5.08. The molecular formula is C20H28N4O3. The summed E-state index contributed by atoms with van der Waals surface area (Å²) in [5.74, 6) is 2.61. The minimum absolute atomic E-state index is 0.550. The van der Waals surface area contributed by atoms with Gasteiger partial charge in [-0.05, 0) is 25.0 Å². The van der Waals surface area contributed by atoms with Crippen LogP contribution in [0.15, 0.2) is 22.7 Å². The van der Waals surface area contributed by atoms with E-state index in [4.69, 9.17) is 14.0 Å². The van der Waals surface area contributed by atoms with E-state index in [1.54, 1.807) is 14.2 Å². The Hall–Kier alpha value is -2.12. The van der Waals surface area contributed by atoms with Crippen molar-refractivity contribution in [3.05, 3.63) is 24.1 Å². The van der Waals surface area contributed by atoms with E-state index in [1.807, 2.05) is 18.2 Å². The lowest BCUT2D eigenvalue weighted by Crippen LogP contribution is -2.49. The SMILES string of the molecule is COc1ccc(-c2noc(CN3CCN(C4CCCC4)CC3)n2)c(OC)c1. The first-order valence-electron chi connectivity index (χ1n) is 9.78. The molecule has 0 atom stereocenters. The number of ether oxygens (including phenoxy) is 2. The number of benzene rings is 1. The highest BCUT2D eigenvalue weighted by molar-refractivity contribution is 5.65. The number of hydrogen-bond donors (Lipinski definition) is 0. The molecule has 0 bridgehead atoms. The number of methoxy groups -OCH3 is 2. The Morgan fingerprint density at radius 1 is 1.07 bits per heavy atom. The largest absolute Gasteiger partial charge is 0.497 e. The molecule has 1 aromatic carbocycles. The standard InChI is InChI=1S/C20H28N4O3/c1-25-16-7-8-17(18(13-16)26-2)20-21-19(27-22-20)14-23-9-11-24(12-10-23)15-5-3-4-6-15/h7-8,13,15H,3-6,9-12,14H2,1-2H3. The van der Waals surface area contributed by atoms with E-state index in [2.05, 4.69) is 19.9 Å². The maximum atomic E-state index is 5.50. The van der Waals surface area contributed by atoms with Crippen molar-refractivity contribution in [2.75, 3.05) is 40.4 Å². The Balaban J connectivity index is 1.37. The minimum Gasteiger partial charge on any atom is -0.497 e. The average Bonchev–Trinajstić information content (AvgIpc) is 3.40. The van der Waals surface area contributed by atoms with Crippen LogP contribution in [-0.2, 0) is 6.54 Å². The molecule has 7 nitrogen and oxygen atoms in total. The summed E-state index contributed by atoms with van der Waals surface area (Å²) in [5.41, 5.74) is 0.805. The van der Waals surface area contributed by atoms with Crippen molar-refractivity contribution in [1.82, 2.24) is 19.9 Å². The van der Waals surface area contributed by atoms with Gasteiger partial charge in [0.05, 0.1) is 26.3 Å². The maximum absolute atomic E-state index is 5.50. The fourth-order valence-corrected chi connectivity index (χ4v) is 4.16. The van der Waals surface area contributed by atoms with Gasteiger partial charge in [0.25, 0.3) is 0 Å². The molecule has 0 N–H and O–H groups in total. The van der Waals surface area contributed by atoms with E-state index in [0.717, 1.165) is 43.5 Å². The summed E-state index contributed by atoms with van der Waals surface area (Å²) >= 11 is 0. The molecule has 1 aliphatic heterocycles. The zero-order chi connectivity index (χ0) is 18.6. The topological polar surface area (TPSA) is 63.9 Å². The lowest BCUT2D eigenvalue weighted by Gasteiger charge is -2.37. The van der Waals surface area contributed by atoms with Crippen LogP contribution in [0.3, 0.4) is 0 Å².